The van der Waals surface area contributed by atoms with Gasteiger partial charge in [-0.2, -0.15) is 0 Å². The van der Waals surface area contributed by atoms with E-state index in [1.165, 1.54) is 10.9 Å². The fourth-order valence-corrected chi connectivity index (χ4v) is 4.50. The fraction of sp³-hybridized carbons (Fsp3) is 0.440. The summed E-state index contributed by atoms with van der Waals surface area (Å²) in [5.74, 6) is 1.47. The highest BCUT2D eigenvalue weighted by molar-refractivity contribution is 5.84. The van der Waals surface area contributed by atoms with Crippen molar-refractivity contribution in [1.82, 2.24) is 15.2 Å². The summed E-state index contributed by atoms with van der Waals surface area (Å²) in [5.41, 5.74) is 3.33. The number of morpholine rings is 1. The first-order chi connectivity index (χ1) is 15.7. The molecule has 0 bridgehead atoms. The van der Waals surface area contributed by atoms with Gasteiger partial charge in [0.2, 0.25) is 0 Å². The van der Waals surface area contributed by atoms with Crippen LogP contribution >= 0.6 is 0 Å². The maximum Gasteiger partial charge on any atom is 0.164 e. The van der Waals surface area contributed by atoms with Gasteiger partial charge < -0.3 is 29.6 Å². The summed E-state index contributed by atoms with van der Waals surface area (Å²) in [5, 5.41) is 15.2. The van der Waals surface area contributed by atoms with E-state index in [-0.39, 0.29) is 5.92 Å². The Bertz CT molecular complexity index is 1000. The van der Waals surface area contributed by atoms with E-state index in [4.69, 9.17) is 14.2 Å². The third-order valence-electron chi connectivity index (χ3n) is 6.11. The first kappa shape index (κ1) is 22.6. The van der Waals surface area contributed by atoms with Crippen LogP contribution in [0.5, 0.6) is 11.5 Å². The van der Waals surface area contributed by atoms with Crippen LogP contribution in [0.15, 0.2) is 48.7 Å². The van der Waals surface area contributed by atoms with Crippen LogP contribution in [0, 0.1) is 0 Å². The molecular weight excluding hydrogens is 406 g/mol. The number of nitrogens with one attached hydrogen (secondary N) is 2. The molecule has 4 rings (SSSR count). The number of methoxy groups -OCH3 is 2. The van der Waals surface area contributed by atoms with Crippen molar-refractivity contribution in [2.45, 2.75) is 12.0 Å². The fourth-order valence-electron chi connectivity index (χ4n) is 4.50. The minimum atomic E-state index is -0.441. The predicted molar refractivity (Wildman–Crippen MR) is 126 cm³/mol. The van der Waals surface area contributed by atoms with Crippen molar-refractivity contribution in [3.63, 3.8) is 0 Å². The van der Waals surface area contributed by atoms with Crippen LogP contribution in [0.25, 0.3) is 10.9 Å². The minimum absolute atomic E-state index is 0.0202. The van der Waals surface area contributed by atoms with Crippen LogP contribution in [0.3, 0.4) is 0 Å². The summed E-state index contributed by atoms with van der Waals surface area (Å²) < 4.78 is 16.7. The van der Waals surface area contributed by atoms with E-state index in [1.807, 2.05) is 18.2 Å². The molecule has 0 spiro atoms. The number of aromatic nitrogens is 1. The van der Waals surface area contributed by atoms with Gasteiger partial charge in [0.1, 0.15) is 0 Å². The van der Waals surface area contributed by atoms with Gasteiger partial charge in [0.25, 0.3) is 0 Å². The van der Waals surface area contributed by atoms with E-state index in [2.05, 4.69) is 45.7 Å². The molecule has 3 aromatic rings. The van der Waals surface area contributed by atoms with Crippen molar-refractivity contribution in [1.29, 1.82) is 0 Å². The van der Waals surface area contributed by atoms with Crippen LogP contribution in [0.1, 0.15) is 17.0 Å². The second-order valence-corrected chi connectivity index (χ2v) is 8.15. The van der Waals surface area contributed by atoms with Crippen molar-refractivity contribution in [2.75, 3.05) is 60.2 Å². The average molecular weight is 440 g/mol. The largest absolute Gasteiger partial charge is 0.493 e. The topological polar surface area (TPSA) is 79.0 Å². The standard InChI is InChI=1S/C25H33N3O4/c1-30-24-9-5-7-20(25(24)31-2)21(22-16-27-23-8-4-3-6-19(22)23)15-26-14-18(29)17-28-10-12-32-13-11-28/h3-9,16,18,21,26-27,29H,10-15,17H2,1-2H3/t18-,21-/m1/s1. The van der Waals surface area contributed by atoms with Gasteiger partial charge in [0, 0.05) is 61.3 Å². The van der Waals surface area contributed by atoms with Gasteiger partial charge in [-0.25, -0.2) is 0 Å². The van der Waals surface area contributed by atoms with Crippen molar-refractivity contribution >= 4 is 10.9 Å². The number of nitrogens with zero attached hydrogens (tertiary/aromatic N) is 1. The van der Waals surface area contributed by atoms with Crippen LogP contribution in [-0.2, 0) is 4.74 Å². The molecule has 1 fully saturated rings. The Hall–Kier alpha value is -2.58. The zero-order chi connectivity index (χ0) is 22.3. The second kappa shape index (κ2) is 10.8. The molecule has 1 aromatic heterocycles. The lowest BCUT2D eigenvalue weighted by Crippen LogP contribution is -2.44. The number of benzene rings is 2. The number of rotatable bonds is 10. The van der Waals surface area contributed by atoms with Gasteiger partial charge in [-0.15, -0.1) is 0 Å². The summed E-state index contributed by atoms with van der Waals surface area (Å²) >= 11 is 0. The number of aliphatic hydroxyl groups excluding tert-OH is 1. The zero-order valence-corrected chi connectivity index (χ0v) is 18.8. The molecule has 2 aromatic carbocycles. The van der Waals surface area contributed by atoms with E-state index < -0.39 is 6.10 Å². The van der Waals surface area contributed by atoms with E-state index in [9.17, 15) is 5.11 Å². The average Bonchev–Trinajstić information content (AvgIpc) is 3.26. The molecule has 1 saturated heterocycles. The lowest BCUT2D eigenvalue weighted by atomic mass is 9.89. The Labute approximate surface area is 189 Å². The van der Waals surface area contributed by atoms with Gasteiger partial charge in [-0.3, -0.25) is 4.90 Å². The molecule has 1 aliphatic rings. The van der Waals surface area contributed by atoms with Crippen LogP contribution in [0.2, 0.25) is 0 Å². The summed E-state index contributed by atoms with van der Waals surface area (Å²) in [6.07, 6.45) is 1.63. The third-order valence-corrected chi connectivity index (χ3v) is 6.11. The Kier molecular flexibility index (Phi) is 7.65. The molecule has 2 heterocycles. The molecule has 0 amide bonds. The summed E-state index contributed by atoms with van der Waals surface area (Å²) in [7, 11) is 3.33. The van der Waals surface area contributed by atoms with Gasteiger partial charge in [0.05, 0.1) is 33.5 Å². The van der Waals surface area contributed by atoms with Crippen molar-refractivity contribution in [2.24, 2.45) is 0 Å². The van der Waals surface area contributed by atoms with E-state index in [0.29, 0.717) is 25.4 Å². The molecule has 7 heteroatoms. The van der Waals surface area contributed by atoms with Crippen LogP contribution in [0.4, 0.5) is 0 Å². The molecule has 2 atom stereocenters. The quantitative estimate of drug-likeness (QED) is 0.451. The van der Waals surface area contributed by atoms with Gasteiger partial charge in [-0.1, -0.05) is 30.3 Å². The van der Waals surface area contributed by atoms with Crippen molar-refractivity contribution in [3.05, 3.63) is 59.8 Å². The Morgan fingerprint density at radius 3 is 2.62 bits per heavy atom. The third kappa shape index (κ3) is 5.07. The number of fused-ring (bicyclic) bond motifs is 1. The zero-order valence-electron chi connectivity index (χ0n) is 18.8. The number of para-hydroxylation sites is 2. The van der Waals surface area contributed by atoms with Crippen molar-refractivity contribution < 1.29 is 19.3 Å². The molecule has 7 nitrogen and oxygen atoms in total. The first-order valence-corrected chi connectivity index (χ1v) is 11.2. The smallest absolute Gasteiger partial charge is 0.164 e. The van der Waals surface area contributed by atoms with E-state index in [0.717, 1.165) is 43.1 Å². The lowest BCUT2D eigenvalue weighted by Gasteiger charge is -2.29. The molecule has 172 valence electrons. The van der Waals surface area contributed by atoms with Gasteiger partial charge in [0.15, 0.2) is 11.5 Å². The lowest BCUT2D eigenvalue weighted by molar-refractivity contribution is 0.0149. The van der Waals surface area contributed by atoms with Gasteiger partial charge in [-0.05, 0) is 17.7 Å². The highest BCUT2D eigenvalue weighted by Gasteiger charge is 2.24. The summed E-state index contributed by atoms with van der Waals surface area (Å²) in [4.78, 5) is 5.64. The number of aromatic amines is 1. The van der Waals surface area contributed by atoms with Crippen LogP contribution in [-0.4, -0.2) is 81.3 Å². The molecule has 0 saturated carbocycles. The normalized spacial score (nSPS) is 16.7. The predicted octanol–water partition coefficient (Wildman–Crippen LogP) is 2.60. The number of hydrogen-bond acceptors (Lipinski definition) is 6. The molecule has 0 aliphatic carbocycles. The molecule has 32 heavy (non-hydrogen) atoms. The molecule has 1 aliphatic heterocycles. The summed E-state index contributed by atoms with van der Waals surface area (Å²) in [6, 6.07) is 14.3. The number of β-amino-alcohol motifs (C(OH)–C–C–N with tert-alkyl or cyclic N) is 1. The van der Waals surface area contributed by atoms with E-state index in [1.54, 1.807) is 14.2 Å². The number of ether oxygens (including phenoxy) is 3. The number of hydrogen-bond donors (Lipinski definition) is 3. The maximum absolute atomic E-state index is 10.6. The minimum Gasteiger partial charge on any atom is -0.493 e. The Balaban J connectivity index is 1.55. The van der Waals surface area contributed by atoms with Gasteiger partial charge >= 0.3 is 0 Å². The molecule has 0 unspecified atom stereocenters. The highest BCUT2D eigenvalue weighted by Crippen LogP contribution is 2.40. The molecular formula is C25H33N3O4. The number of H-pyrrole nitrogens is 1. The first-order valence-electron chi connectivity index (χ1n) is 11.2. The Morgan fingerprint density at radius 1 is 1.03 bits per heavy atom. The number of aliphatic hydroxyl groups is 1. The summed E-state index contributed by atoms with van der Waals surface area (Å²) in [6.45, 7) is 5.04. The Morgan fingerprint density at radius 2 is 1.84 bits per heavy atom. The maximum atomic E-state index is 10.6. The SMILES string of the molecule is COc1cccc([C@@H](CNC[C@@H](O)CN2CCOCC2)c2c[nH]c3ccccc23)c1OC. The van der Waals surface area contributed by atoms with Crippen LogP contribution < -0.4 is 14.8 Å². The highest BCUT2D eigenvalue weighted by atomic mass is 16.5. The molecule has 0 radical (unpaired) electrons. The second-order valence-electron chi connectivity index (χ2n) is 8.15. The molecule has 3 N–H and O–H groups in total. The van der Waals surface area contributed by atoms with E-state index >= 15 is 0 Å². The monoisotopic (exact) mass is 439 g/mol. The van der Waals surface area contributed by atoms with Crippen molar-refractivity contribution in [3.8, 4) is 11.5 Å².